The molecule has 0 radical (unpaired) electrons. The minimum absolute atomic E-state index is 0.104. The third-order valence-electron chi connectivity index (χ3n) is 6.00. The summed E-state index contributed by atoms with van der Waals surface area (Å²) in [5, 5.41) is 9.76. The van der Waals surface area contributed by atoms with Crippen LogP contribution in [0.3, 0.4) is 0 Å². The fourth-order valence-electron chi connectivity index (χ4n) is 4.79. The van der Waals surface area contributed by atoms with Gasteiger partial charge in [0.05, 0.1) is 25.3 Å². The van der Waals surface area contributed by atoms with Crippen LogP contribution in [0.25, 0.3) is 0 Å². The van der Waals surface area contributed by atoms with Crippen LogP contribution in [0.15, 0.2) is 42.5 Å². The number of fused-ring (bicyclic) bond motifs is 1. The average molecular weight is 419 g/mol. The van der Waals surface area contributed by atoms with Crippen molar-refractivity contribution in [2.75, 3.05) is 39.9 Å². The number of carbonyl (C=O) groups is 1. The molecule has 4 rings (SSSR count). The summed E-state index contributed by atoms with van der Waals surface area (Å²) in [6, 6.07) is 11.2. The molecule has 0 aliphatic carbocycles. The van der Waals surface area contributed by atoms with Crippen LogP contribution in [0.4, 0.5) is 4.39 Å². The SMILES string of the molecule is COc1ccc(Cl)cc1C(=O)N1C[C@@H]2CN(CCO)C[C@@H]2[C@H]1c1cccc(F)c1. The van der Waals surface area contributed by atoms with E-state index in [4.69, 9.17) is 16.3 Å². The third kappa shape index (κ3) is 3.84. The monoisotopic (exact) mass is 418 g/mol. The van der Waals surface area contributed by atoms with Crippen molar-refractivity contribution in [2.24, 2.45) is 11.8 Å². The van der Waals surface area contributed by atoms with Gasteiger partial charge in [0, 0.05) is 37.1 Å². The molecule has 3 atom stereocenters. The highest BCUT2D eigenvalue weighted by Crippen LogP contribution is 2.46. The number of halogens is 2. The number of rotatable bonds is 5. The third-order valence-corrected chi connectivity index (χ3v) is 6.23. The van der Waals surface area contributed by atoms with E-state index in [1.54, 1.807) is 24.3 Å². The van der Waals surface area contributed by atoms with Gasteiger partial charge < -0.3 is 19.6 Å². The number of amides is 1. The topological polar surface area (TPSA) is 53.0 Å². The van der Waals surface area contributed by atoms with E-state index in [-0.39, 0.29) is 36.2 Å². The lowest BCUT2D eigenvalue weighted by Crippen LogP contribution is -2.36. The molecule has 0 saturated carbocycles. The molecule has 0 unspecified atom stereocenters. The number of hydrogen-bond acceptors (Lipinski definition) is 4. The van der Waals surface area contributed by atoms with Crippen molar-refractivity contribution in [3.05, 3.63) is 64.4 Å². The number of aliphatic hydroxyl groups is 1. The Balaban J connectivity index is 1.71. The van der Waals surface area contributed by atoms with E-state index >= 15 is 0 Å². The number of ether oxygens (including phenoxy) is 1. The molecule has 2 saturated heterocycles. The molecule has 29 heavy (non-hydrogen) atoms. The van der Waals surface area contributed by atoms with Crippen LogP contribution < -0.4 is 4.74 Å². The van der Waals surface area contributed by atoms with Crippen molar-refractivity contribution in [1.29, 1.82) is 0 Å². The van der Waals surface area contributed by atoms with Gasteiger partial charge in [-0.25, -0.2) is 4.39 Å². The molecule has 0 aromatic heterocycles. The minimum Gasteiger partial charge on any atom is -0.496 e. The quantitative estimate of drug-likeness (QED) is 0.810. The Hall–Kier alpha value is -2.15. The molecule has 2 heterocycles. The molecule has 2 aliphatic rings. The lowest BCUT2D eigenvalue weighted by atomic mass is 9.89. The normalized spacial score (nSPS) is 24.0. The maximum atomic E-state index is 14.0. The number of nitrogens with zero attached hydrogens (tertiary/aromatic N) is 2. The molecule has 1 amide bonds. The molecule has 2 aliphatic heterocycles. The van der Waals surface area contributed by atoms with E-state index in [0.717, 1.165) is 18.7 Å². The molecule has 7 heteroatoms. The highest BCUT2D eigenvalue weighted by atomic mass is 35.5. The van der Waals surface area contributed by atoms with Crippen LogP contribution in [0, 0.1) is 17.7 Å². The molecule has 2 aromatic carbocycles. The van der Waals surface area contributed by atoms with Crippen molar-refractivity contribution in [1.82, 2.24) is 9.80 Å². The summed E-state index contributed by atoms with van der Waals surface area (Å²) in [4.78, 5) is 17.6. The number of carbonyl (C=O) groups excluding carboxylic acids is 1. The van der Waals surface area contributed by atoms with E-state index in [0.29, 0.717) is 29.4 Å². The Bertz CT molecular complexity index is 909. The van der Waals surface area contributed by atoms with Crippen molar-refractivity contribution in [3.8, 4) is 5.75 Å². The van der Waals surface area contributed by atoms with Crippen molar-refractivity contribution >= 4 is 17.5 Å². The Morgan fingerprint density at radius 1 is 1.24 bits per heavy atom. The lowest BCUT2D eigenvalue weighted by molar-refractivity contribution is 0.0694. The molecule has 154 valence electrons. The first-order chi connectivity index (χ1) is 14.0. The number of methoxy groups -OCH3 is 1. The van der Waals surface area contributed by atoms with Crippen LogP contribution >= 0.6 is 11.6 Å². The molecular weight excluding hydrogens is 395 g/mol. The number of aliphatic hydroxyl groups excluding tert-OH is 1. The van der Waals surface area contributed by atoms with Gasteiger partial charge in [0.2, 0.25) is 0 Å². The summed E-state index contributed by atoms with van der Waals surface area (Å²) < 4.78 is 19.4. The molecule has 5 nitrogen and oxygen atoms in total. The van der Waals surface area contributed by atoms with Gasteiger partial charge in [-0.05, 0) is 41.8 Å². The van der Waals surface area contributed by atoms with Crippen LogP contribution in [-0.4, -0.2) is 60.7 Å². The molecule has 1 N–H and O–H groups in total. The van der Waals surface area contributed by atoms with Gasteiger partial charge in [-0.15, -0.1) is 0 Å². The van der Waals surface area contributed by atoms with Crippen LogP contribution in [-0.2, 0) is 0 Å². The fraction of sp³-hybridized carbons (Fsp3) is 0.409. The zero-order chi connectivity index (χ0) is 20.5. The molecule has 2 aromatic rings. The summed E-state index contributed by atoms with van der Waals surface area (Å²) >= 11 is 6.14. The average Bonchev–Trinajstić information content (AvgIpc) is 3.24. The van der Waals surface area contributed by atoms with Crippen molar-refractivity contribution in [3.63, 3.8) is 0 Å². The van der Waals surface area contributed by atoms with Crippen LogP contribution in [0.5, 0.6) is 5.75 Å². The Morgan fingerprint density at radius 2 is 2.07 bits per heavy atom. The maximum absolute atomic E-state index is 14.0. The fourth-order valence-corrected chi connectivity index (χ4v) is 4.96. The highest BCUT2D eigenvalue weighted by molar-refractivity contribution is 6.31. The second-order valence-electron chi connectivity index (χ2n) is 7.71. The number of benzene rings is 2. The van der Waals surface area contributed by atoms with Gasteiger partial charge >= 0.3 is 0 Å². The van der Waals surface area contributed by atoms with Gasteiger partial charge in [-0.3, -0.25) is 4.79 Å². The van der Waals surface area contributed by atoms with Gasteiger partial charge in [0.15, 0.2) is 0 Å². The Labute approximate surface area is 174 Å². The lowest BCUT2D eigenvalue weighted by Gasteiger charge is -2.30. The second-order valence-corrected chi connectivity index (χ2v) is 8.15. The molecule has 2 fully saturated rings. The van der Waals surface area contributed by atoms with Gasteiger partial charge in [0.25, 0.3) is 5.91 Å². The van der Waals surface area contributed by atoms with Crippen molar-refractivity contribution in [2.45, 2.75) is 6.04 Å². The molecule has 0 spiro atoms. The van der Waals surface area contributed by atoms with Crippen LogP contribution in [0.1, 0.15) is 22.0 Å². The Morgan fingerprint density at radius 3 is 2.79 bits per heavy atom. The van der Waals surface area contributed by atoms with Gasteiger partial charge in [-0.1, -0.05) is 23.7 Å². The molecule has 0 bridgehead atoms. The van der Waals surface area contributed by atoms with E-state index in [1.165, 1.54) is 19.2 Å². The summed E-state index contributed by atoms with van der Waals surface area (Å²) in [7, 11) is 1.52. The van der Waals surface area contributed by atoms with E-state index in [1.807, 2.05) is 11.0 Å². The zero-order valence-electron chi connectivity index (χ0n) is 16.2. The van der Waals surface area contributed by atoms with Crippen molar-refractivity contribution < 1.29 is 19.0 Å². The first kappa shape index (κ1) is 20.1. The number of hydrogen-bond donors (Lipinski definition) is 1. The van der Waals surface area contributed by atoms with Gasteiger partial charge in [-0.2, -0.15) is 0 Å². The number of likely N-dealkylation sites (tertiary alicyclic amines) is 2. The van der Waals surface area contributed by atoms with E-state index in [9.17, 15) is 14.3 Å². The largest absolute Gasteiger partial charge is 0.496 e. The predicted octanol–water partition coefficient (Wildman–Crippen LogP) is 3.23. The second kappa shape index (κ2) is 8.30. The summed E-state index contributed by atoms with van der Waals surface area (Å²) in [6.07, 6.45) is 0. The van der Waals surface area contributed by atoms with E-state index in [2.05, 4.69) is 4.90 Å². The van der Waals surface area contributed by atoms with Gasteiger partial charge in [0.1, 0.15) is 11.6 Å². The standard InChI is InChI=1S/C22H24ClFN2O3/c1-29-20-6-5-16(23)10-18(20)22(28)26-12-15-11-25(7-8-27)13-19(15)21(26)14-3-2-4-17(24)9-14/h2-6,9-10,15,19,21,27H,7-8,11-13H2,1H3/t15-,19-,21+/m0/s1. The summed E-state index contributed by atoms with van der Waals surface area (Å²) in [5.74, 6) is 0.434. The van der Waals surface area contributed by atoms with E-state index < -0.39 is 0 Å². The smallest absolute Gasteiger partial charge is 0.258 e. The van der Waals surface area contributed by atoms with Crippen LogP contribution in [0.2, 0.25) is 5.02 Å². The summed E-state index contributed by atoms with van der Waals surface area (Å²) in [6.45, 7) is 2.87. The summed E-state index contributed by atoms with van der Waals surface area (Å²) in [5.41, 5.74) is 1.20. The predicted molar refractivity (Wildman–Crippen MR) is 109 cm³/mol. The maximum Gasteiger partial charge on any atom is 0.258 e. The minimum atomic E-state index is -0.316. The number of β-amino-alcohol motifs (C(OH)–C–C–N with tert-alkyl or cyclic N) is 1. The first-order valence-corrected chi connectivity index (χ1v) is 10.1. The zero-order valence-corrected chi connectivity index (χ0v) is 17.0. The first-order valence-electron chi connectivity index (χ1n) is 9.75. The Kier molecular flexibility index (Phi) is 5.76. The highest BCUT2D eigenvalue weighted by Gasteiger charge is 2.49. The molecular formula is C22H24ClFN2O3.